The minimum Gasteiger partial charge on any atom is -0.490 e. The molecule has 1 saturated heterocycles. The number of piperidine rings is 1. The van der Waals surface area contributed by atoms with Crippen molar-refractivity contribution in [3.8, 4) is 5.75 Å². The van der Waals surface area contributed by atoms with Crippen LogP contribution in [0.15, 0.2) is 24.5 Å². The van der Waals surface area contributed by atoms with Crippen molar-refractivity contribution >= 4 is 16.8 Å². The molecule has 0 atom stereocenters. The molecule has 1 amide bonds. The molecule has 0 N–H and O–H groups in total. The van der Waals surface area contributed by atoms with Crippen LogP contribution in [0.25, 0.3) is 0 Å². The summed E-state index contributed by atoms with van der Waals surface area (Å²) in [6, 6.07) is 4.52. The number of carbonyl (C=O) groups excluding carboxylic acids is 1. The normalized spacial score (nSPS) is 15.8. The number of ether oxygens (including phenoxy) is 1. The van der Waals surface area contributed by atoms with E-state index in [-0.39, 0.29) is 23.2 Å². The van der Waals surface area contributed by atoms with Crippen LogP contribution in [0.1, 0.15) is 49.8 Å². The summed E-state index contributed by atoms with van der Waals surface area (Å²) in [7, 11) is -2.94. The van der Waals surface area contributed by atoms with Crippen LogP contribution in [0.4, 0.5) is 4.39 Å². The molecule has 2 aromatic rings. The summed E-state index contributed by atoms with van der Waals surface area (Å²) in [5.41, 5.74) is 0.536. The van der Waals surface area contributed by atoms with Crippen molar-refractivity contribution in [1.29, 1.82) is 0 Å². The van der Waals surface area contributed by atoms with Gasteiger partial charge in [-0.15, -0.1) is 9.19 Å². The molecule has 3 rings (SSSR count). The number of hydrogen-bond acceptors (Lipinski definition) is 6. The van der Waals surface area contributed by atoms with Crippen LogP contribution in [-0.2, 0) is 16.3 Å². The monoisotopic (exact) mass is 410 g/mol. The Labute approximate surface area is 164 Å². The Bertz CT molecular complexity index is 935. The van der Waals surface area contributed by atoms with E-state index in [9.17, 15) is 17.6 Å². The first-order valence-electron chi connectivity index (χ1n) is 8.97. The van der Waals surface area contributed by atoms with E-state index in [1.807, 2.05) is 20.8 Å². The predicted octanol–water partition coefficient (Wildman–Crippen LogP) is 1.77. The average Bonchev–Trinajstić information content (AvgIpc) is 3.13. The summed E-state index contributed by atoms with van der Waals surface area (Å²) in [5.74, 6) is -0.207. The number of likely N-dealkylation sites (tertiary alicyclic amines) is 1. The second-order valence-corrected chi connectivity index (χ2v) is 8.61. The van der Waals surface area contributed by atoms with Gasteiger partial charge in [-0.1, -0.05) is 20.8 Å². The molecule has 0 saturated carbocycles. The van der Waals surface area contributed by atoms with Gasteiger partial charge in [-0.05, 0) is 23.6 Å². The first kappa shape index (κ1) is 20.2. The molecule has 0 spiro atoms. The summed E-state index contributed by atoms with van der Waals surface area (Å²) < 4.78 is 42.2. The van der Waals surface area contributed by atoms with Crippen molar-refractivity contribution < 1.29 is 22.3 Å². The summed E-state index contributed by atoms with van der Waals surface area (Å²) in [6.45, 7) is 6.87. The van der Waals surface area contributed by atoms with E-state index in [2.05, 4.69) is 10.1 Å². The first-order valence-corrected chi connectivity index (χ1v) is 10.1. The number of hydrogen-bond donors (Lipinski definition) is 1. The number of thiol groups is 1. The maximum Gasteiger partial charge on any atom is 0.293 e. The van der Waals surface area contributed by atoms with Crippen molar-refractivity contribution in [1.82, 2.24) is 19.1 Å². The Morgan fingerprint density at radius 1 is 1.25 bits per heavy atom. The molecule has 0 unspecified atom stereocenters. The molecular formula is C18H23FN4O4S. The Morgan fingerprint density at radius 3 is 2.50 bits per heavy atom. The van der Waals surface area contributed by atoms with Gasteiger partial charge in [0.15, 0.2) is 0 Å². The van der Waals surface area contributed by atoms with Crippen LogP contribution >= 0.6 is 0 Å². The third-order valence-corrected chi connectivity index (χ3v) is 5.14. The topological polar surface area (TPSA) is 94.4 Å². The van der Waals surface area contributed by atoms with Crippen LogP contribution < -0.4 is 4.74 Å². The number of carbonyl (C=O) groups is 1. The van der Waals surface area contributed by atoms with Crippen LogP contribution in [-0.4, -0.2) is 52.6 Å². The van der Waals surface area contributed by atoms with Gasteiger partial charge in [-0.2, -0.15) is 0 Å². The fourth-order valence-corrected chi connectivity index (χ4v) is 3.41. The van der Waals surface area contributed by atoms with E-state index in [1.54, 1.807) is 11.0 Å². The van der Waals surface area contributed by atoms with E-state index in [4.69, 9.17) is 4.74 Å². The van der Waals surface area contributed by atoms with Gasteiger partial charge in [0.2, 0.25) is 16.7 Å². The van der Waals surface area contributed by atoms with Gasteiger partial charge < -0.3 is 9.64 Å². The average molecular weight is 410 g/mol. The highest BCUT2D eigenvalue weighted by atomic mass is 32.2. The van der Waals surface area contributed by atoms with Crippen LogP contribution in [0.3, 0.4) is 0 Å². The lowest BCUT2D eigenvalue weighted by Crippen LogP contribution is -2.42. The molecule has 2 heterocycles. The zero-order valence-electron chi connectivity index (χ0n) is 16.0. The van der Waals surface area contributed by atoms with Gasteiger partial charge in [0.05, 0.1) is 0 Å². The van der Waals surface area contributed by atoms with Gasteiger partial charge in [0, 0.05) is 31.5 Å². The summed E-state index contributed by atoms with van der Waals surface area (Å²) in [4.78, 5) is 17.8. The van der Waals surface area contributed by atoms with E-state index < -0.39 is 16.8 Å². The van der Waals surface area contributed by atoms with E-state index in [0.717, 1.165) is 11.9 Å². The molecule has 1 aromatic heterocycles. The molecule has 28 heavy (non-hydrogen) atoms. The van der Waals surface area contributed by atoms with Crippen LogP contribution in [0.5, 0.6) is 5.75 Å². The molecular weight excluding hydrogens is 387 g/mol. The van der Waals surface area contributed by atoms with Crippen LogP contribution in [0.2, 0.25) is 0 Å². The lowest BCUT2D eigenvalue weighted by molar-refractivity contribution is 0.0581. The second kappa shape index (κ2) is 7.86. The van der Waals surface area contributed by atoms with E-state index >= 15 is 0 Å². The quantitative estimate of drug-likeness (QED) is 0.772. The molecule has 0 aliphatic carbocycles. The molecule has 1 aliphatic rings. The van der Waals surface area contributed by atoms with Crippen LogP contribution in [0, 0.1) is 5.82 Å². The largest absolute Gasteiger partial charge is 0.490 e. The Hall–Kier alpha value is -2.49. The lowest BCUT2D eigenvalue weighted by atomic mass is 9.86. The van der Waals surface area contributed by atoms with Gasteiger partial charge in [-0.3, -0.25) is 4.79 Å². The number of amides is 1. The standard InChI is InChI=1S/C18H23FN4O4S/c1-18(2,3)14-10-12(19)4-5-15(14)27-13-6-8-22(9-7-13)17(24)16-20-11-23(21-16)28(25)26/h4-5,10-11,13,28H,6-9H2,1-3H3. The molecule has 1 aliphatic heterocycles. The lowest BCUT2D eigenvalue weighted by Gasteiger charge is -2.33. The maximum absolute atomic E-state index is 13.7. The number of benzene rings is 1. The predicted molar refractivity (Wildman–Crippen MR) is 100 cm³/mol. The van der Waals surface area contributed by atoms with E-state index in [0.29, 0.717) is 35.8 Å². The van der Waals surface area contributed by atoms with Crippen molar-refractivity contribution in [3.63, 3.8) is 0 Å². The van der Waals surface area contributed by atoms with Crippen molar-refractivity contribution in [2.24, 2.45) is 0 Å². The van der Waals surface area contributed by atoms with Crippen molar-refractivity contribution in [2.75, 3.05) is 13.1 Å². The van der Waals surface area contributed by atoms with Gasteiger partial charge >= 0.3 is 0 Å². The first-order chi connectivity index (χ1) is 13.1. The maximum atomic E-state index is 13.7. The highest BCUT2D eigenvalue weighted by molar-refractivity contribution is 7.70. The van der Waals surface area contributed by atoms with Crippen molar-refractivity contribution in [3.05, 3.63) is 41.7 Å². The minimum absolute atomic E-state index is 0.0998. The molecule has 1 aromatic carbocycles. The molecule has 0 radical (unpaired) electrons. The number of halogens is 1. The van der Waals surface area contributed by atoms with Gasteiger partial charge in [0.25, 0.3) is 5.91 Å². The smallest absolute Gasteiger partial charge is 0.293 e. The Morgan fingerprint density at radius 2 is 1.93 bits per heavy atom. The van der Waals surface area contributed by atoms with Gasteiger partial charge in [-0.25, -0.2) is 17.8 Å². The number of nitrogens with zero attached hydrogens (tertiary/aromatic N) is 4. The second-order valence-electron chi connectivity index (χ2n) is 7.73. The summed E-state index contributed by atoms with van der Waals surface area (Å²) >= 11 is 0. The van der Waals surface area contributed by atoms with Crippen molar-refractivity contribution in [2.45, 2.75) is 45.1 Å². The third-order valence-electron chi connectivity index (χ3n) is 4.61. The SMILES string of the molecule is CC(C)(C)c1cc(F)ccc1OC1CCN(C(=O)c2ncn([SH](=O)=O)n2)CC1. The Kier molecular flexibility index (Phi) is 5.69. The minimum atomic E-state index is -2.94. The molecule has 0 bridgehead atoms. The molecule has 8 nitrogen and oxygen atoms in total. The number of aromatic nitrogens is 3. The zero-order chi connectivity index (χ0) is 20.5. The molecule has 10 heteroatoms. The van der Waals surface area contributed by atoms with E-state index in [1.165, 1.54) is 12.1 Å². The Balaban J connectivity index is 1.64. The number of rotatable bonds is 4. The summed E-state index contributed by atoms with van der Waals surface area (Å²) in [6.07, 6.45) is 2.10. The van der Waals surface area contributed by atoms with Gasteiger partial charge in [0.1, 0.15) is 24.0 Å². The summed E-state index contributed by atoms with van der Waals surface area (Å²) in [5, 5.41) is 3.67. The zero-order valence-corrected chi connectivity index (χ0v) is 16.9. The third kappa shape index (κ3) is 4.49. The molecule has 152 valence electrons. The fraction of sp³-hybridized carbons (Fsp3) is 0.500. The highest BCUT2D eigenvalue weighted by Crippen LogP contribution is 2.33. The highest BCUT2D eigenvalue weighted by Gasteiger charge is 2.28. The molecule has 1 fully saturated rings. The fourth-order valence-electron chi connectivity index (χ4n) is 3.12.